The van der Waals surface area contributed by atoms with Gasteiger partial charge in [0.25, 0.3) is 0 Å². The third-order valence-corrected chi connectivity index (χ3v) is 4.34. The van der Waals surface area contributed by atoms with E-state index in [0.717, 1.165) is 38.1 Å². The lowest BCUT2D eigenvalue weighted by Crippen LogP contribution is -2.49. The molecular weight excluding hydrogens is 281 g/mol. The average Bonchev–Trinajstić information content (AvgIpc) is 2.54. The smallest absolute Gasteiger partial charge is 0.149 e. The lowest BCUT2D eigenvalue weighted by atomic mass is 10.2. The van der Waals surface area contributed by atoms with Gasteiger partial charge < -0.3 is 10.2 Å². The number of rotatable bonds is 4. The summed E-state index contributed by atoms with van der Waals surface area (Å²) in [5.74, 6) is 0.389. The number of anilines is 1. The van der Waals surface area contributed by atoms with Crippen molar-refractivity contribution in [3.63, 3.8) is 0 Å². The molecular formula is C16H22FN5. The summed E-state index contributed by atoms with van der Waals surface area (Å²) in [5, 5.41) is 4.08. The molecule has 5 nitrogen and oxygen atoms in total. The Balaban J connectivity index is 1.68. The van der Waals surface area contributed by atoms with Crippen LogP contribution in [0.2, 0.25) is 0 Å². The lowest BCUT2D eigenvalue weighted by Gasteiger charge is -2.36. The van der Waals surface area contributed by atoms with E-state index in [4.69, 9.17) is 0 Å². The fourth-order valence-electron chi connectivity index (χ4n) is 2.83. The second kappa shape index (κ2) is 6.54. The number of halogens is 1. The second-order valence-corrected chi connectivity index (χ2v) is 5.93. The molecule has 1 aromatic heterocycles. The van der Waals surface area contributed by atoms with Crippen molar-refractivity contribution < 1.29 is 4.39 Å². The van der Waals surface area contributed by atoms with Crippen molar-refractivity contribution >= 4 is 16.7 Å². The highest BCUT2D eigenvalue weighted by Gasteiger charge is 2.19. The maximum Gasteiger partial charge on any atom is 0.149 e. The van der Waals surface area contributed by atoms with E-state index >= 15 is 0 Å². The molecule has 22 heavy (non-hydrogen) atoms. The van der Waals surface area contributed by atoms with Gasteiger partial charge in [0, 0.05) is 44.2 Å². The van der Waals surface area contributed by atoms with Gasteiger partial charge in [0.15, 0.2) is 0 Å². The van der Waals surface area contributed by atoms with Gasteiger partial charge in [0.1, 0.15) is 23.5 Å². The van der Waals surface area contributed by atoms with Gasteiger partial charge in [-0.2, -0.15) is 0 Å². The summed E-state index contributed by atoms with van der Waals surface area (Å²) in [7, 11) is 2.15. The Hall–Kier alpha value is -1.79. The number of hydrogen-bond donors (Lipinski definition) is 1. The maximum atomic E-state index is 13.8. The summed E-state index contributed by atoms with van der Waals surface area (Å²) in [5.41, 5.74) is 0.368. The van der Waals surface area contributed by atoms with E-state index in [9.17, 15) is 4.39 Å². The first-order valence-corrected chi connectivity index (χ1v) is 7.71. The number of aromatic nitrogens is 2. The van der Waals surface area contributed by atoms with Crippen LogP contribution in [0.5, 0.6) is 0 Å². The number of likely N-dealkylation sites (N-methyl/N-ethyl adjacent to an activating group) is 1. The van der Waals surface area contributed by atoms with Crippen LogP contribution >= 0.6 is 0 Å². The first kappa shape index (κ1) is 15.1. The number of nitrogens with zero attached hydrogens (tertiary/aromatic N) is 4. The monoisotopic (exact) mass is 303 g/mol. The molecule has 1 atom stereocenters. The minimum absolute atomic E-state index is 0.310. The number of fused-ring (bicyclic) bond motifs is 1. The van der Waals surface area contributed by atoms with Crippen molar-refractivity contribution in [3.8, 4) is 0 Å². The molecule has 118 valence electrons. The van der Waals surface area contributed by atoms with Gasteiger partial charge in [0.2, 0.25) is 0 Å². The minimum Gasteiger partial charge on any atom is -0.368 e. The summed E-state index contributed by atoms with van der Waals surface area (Å²) in [4.78, 5) is 13.1. The molecule has 2 aromatic rings. The number of nitrogens with one attached hydrogen (secondary N) is 1. The molecule has 6 heteroatoms. The summed E-state index contributed by atoms with van der Waals surface area (Å²) in [6, 6.07) is 5.37. The van der Waals surface area contributed by atoms with E-state index in [-0.39, 0.29) is 5.82 Å². The molecule has 1 aliphatic rings. The predicted molar refractivity (Wildman–Crippen MR) is 86.5 cm³/mol. The molecule has 0 bridgehead atoms. The molecule has 0 spiro atoms. The highest BCUT2D eigenvalue weighted by atomic mass is 19.1. The summed E-state index contributed by atoms with van der Waals surface area (Å²) in [6.07, 6.45) is 1.41. The van der Waals surface area contributed by atoms with Crippen LogP contribution in [0.4, 0.5) is 10.2 Å². The van der Waals surface area contributed by atoms with E-state index in [1.807, 2.05) is 6.07 Å². The Kier molecular flexibility index (Phi) is 4.49. The van der Waals surface area contributed by atoms with E-state index in [0.29, 0.717) is 17.4 Å². The predicted octanol–water partition coefficient (Wildman–Crippen LogP) is 1.82. The van der Waals surface area contributed by atoms with Crippen LogP contribution in [0, 0.1) is 5.82 Å². The van der Waals surface area contributed by atoms with E-state index in [1.54, 1.807) is 6.07 Å². The third-order valence-electron chi connectivity index (χ3n) is 4.34. The Morgan fingerprint density at radius 2 is 2.00 bits per heavy atom. The minimum atomic E-state index is -0.310. The van der Waals surface area contributed by atoms with E-state index in [1.165, 1.54) is 12.4 Å². The molecule has 1 aromatic carbocycles. The Labute approximate surface area is 130 Å². The molecule has 3 rings (SSSR count). The van der Waals surface area contributed by atoms with Crippen LogP contribution in [0.1, 0.15) is 6.92 Å². The average molecular weight is 303 g/mol. The topological polar surface area (TPSA) is 44.3 Å². The largest absolute Gasteiger partial charge is 0.368 e. The van der Waals surface area contributed by atoms with Crippen molar-refractivity contribution in [3.05, 3.63) is 30.3 Å². The summed E-state index contributed by atoms with van der Waals surface area (Å²) in [6.45, 7) is 7.36. The SMILES string of the molecule is CC(CNc1ncnc2c(F)cccc12)N1CCN(C)CC1. The van der Waals surface area contributed by atoms with Crippen LogP contribution in [0.3, 0.4) is 0 Å². The van der Waals surface area contributed by atoms with Crippen LogP contribution in [-0.2, 0) is 0 Å². The van der Waals surface area contributed by atoms with Gasteiger partial charge in [-0.3, -0.25) is 4.90 Å². The zero-order valence-electron chi connectivity index (χ0n) is 13.1. The van der Waals surface area contributed by atoms with Gasteiger partial charge in [0.05, 0.1) is 0 Å². The second-order valence-electron chi connectivity index (χ2n) is 5.93. The number of para-hydroxylation sites is 1. The molecule has 0 amide bonds. The zero-order chi connectivity index (χ0) is 15.5. The van der Waals surface area contributed by atoms with Crippen molar-refractivity contribution in [2.24, 2.45) is 0 Å². The molecule has 1 N–H and O–H groups in total. The number of piperazine rings is 1. The Morgan fingerprint density at radius 3 is 2.77 bits per heavy atom. The van der Waals surface area contributed by atoms with Crippen LogP contribution in [-0.4, -0.2) is 65.6 Å². The Morgan fingerprint density at radius 1 is 1.23 bits per heavy atom. The molecule has 1 saturated heterocycles. The molecule has 1 unspecified atom stereocenters. The van der Waals surface area contributed by atoms with Gasteiger partial charge in [-0.1, -0.05) is 6.07 Å². The van der Waals surface area contributed by atoms with Crippen LogP contribution < -0.4 is 5.32 Å². The Bertz CT molecular complexity index is 639. The van der Waals surface area contributed by atoms with Gasteiger partial charge in [-0.05, 0) is 26.1 Å². The molecule has 0 saturated carbocycles. The molecule has 0 radical (unpaired) electrons. The third kappa shape index (κ3) is 3.18. The zero-order valence-corrected chi connectivity index (χ0v) is 13.1. The van der Waals surface area contributed by atoms with Crippen molar-refractivity contribution in [1.29, 1.82) is 0 Å². The molecule has 1 fully saturated rings. The standard InChI is InChI=1S/C16H22FN5/c1-12(22-8-6-21(2)7-9-22)10-18-16-13-4-3-5-14(17)15(13)19-11-20-16/h3-5,11-12H,6-10H2,1-2H3,(H,18,19,20). The van der Waals surface area contributed by atoms with E-state index in [2.05, 4.69) is 39.1 Å². The number of benzene rings is 1. The normalized spacial score (nSPS) is 18.5. The van der Waals surface area contributed by atoms with Gasteiger partial charge in [-0.15, -0.1) is 0 Å². The number of hydrogen-bond acceptors (Lipinski definition) is 5. The van der Waals surface area contributed by atoms with Crippen molar-refractivity contribution in [1.82, 2.24) is 19.8 Å². The van der Waals surface area contributed by atoms with Crippen molar-refractivity contribution in [2.45, 2.75) is 13.0 Å². The van der Waals surface area contributed by atoms with Gasteiger partial charge >= 0.3 is 0 Å². The van der Waals surface area contributed by atoms with Gasteiger partial charge in [-0.25, -0.2) is 14.4 Å². The molecule has 1 aliphatic heterocycles. The first-order valence-electron chi connectivity index (χ1n) is 7.71. The highest BCUT2D eigenvalue weighted by molar-refractivity contribution is 5.89. The van der Waals surface area contributed by atoms with E-state index < -0.39 is 0 Å². The quantitative estimate of drug-likeness (QED) is 0.933. The maximum absolute atomic E-state index is 13.8. The summed E-state index contributed by atoms with van der Waals surface area (Å²) >= 11 is 0. The van der Waals surface area contributed by atoms with Crippen LogP contribution in [0.25, 0.3) is 10.9 Å². The first-order chi connectivity index (χ1) is 10.6. The highest BCUT2D eigenvalue weighted by Crippen LogP contribution is 2.21. The lowest BCUT2D eigenvalue weighted by molar-refractivity contribution is 0.123. The molecule has 0 aliphatic carbocycles. The van der Waals surface area contributed by atoms with Crippen molar-refractivity contribution in [2.75, 3.05) is 45.1 Å². The fourth-order valence-corrected chi connectivity index (χ4v) is 2.83. The summed E-state index contributed by atoms with van der Waals surface area (Å²) < 4.78 is 13.8. The fraction of sp³-hybridized carbons (Fsp3) is 0.500. The molecule has 2 heterocycles. The van der Waals surface area contributed by atoms with Crippen LogP contribution in [0.15, 0.2) is 24.5 Å².